The highest BCUT2D eigenvalue weighted by atomic mass is 32.2. The van der Waals surface area contributed by atoms with Crippen LogP contribution >= 0.6 is 0 Å². The Morgan fingerprint density at radius 2 is 0.889 bits per heavy atom. The molecule has 0 heterocycles. The topological polar surface area (TPSA) is 92.3 Å². The largest absolute Gasteiger partial charge is 0.234 e. The molecule has 108 valence electrons. The van der Waals surface area contributed by atoms with E-state index in [9.17, 15) is 16.8 Å². The summed E-state index contributed by atoms with van der Waals surface area (Å²) in [7, 11) is -7.56. The van der Waals surface area contributed by atoms with Crippen molar-refractivity contribution in [3.8, 4) is 0 Å². The molecule has 0 radical (unpaired) electrons. The van der Waals surface area contributed by atoms with Gasteiger partial charge in [-0.1, -0.05) is 0 Å². The first-order valence-corrected chi connectivity index (χ1v) is 8.47. The lowest BCUT2D eigenvalue weighted by Crippen LogP contribution is -2.41. The quantitative estimate of drug-likeness (QED) is 0.806. The Morgan fingerprint density at radius 1 is 0.667 bits per heavy atom. The average Bonchev–Trinajstić information content (AvgIpc) is 1.91. The van der Waals surface area contributed by atoms with E-state index in [4.69, 9.17) is 0 Å². The number of nitrogens with one attached hydrogen (secondary N) is 2. The third kappa shape index (κ3) is 9.58. The Morgan fingerprint density at radius 3 is 1.06 bits per heavy atom. The Bertz CT molecular complexity index is 457. The molecular formula is C10H22N2O4S2. The molecule has 0 fully saturated rings. The van der Waals surface area contributed by atoms with Gasteiger partial charge in [0.25, 0.3) is 0 Å². The zero-order valence-corrected chi connectivity index (χ0v) is 13.2. The molecule has 0 bridgehead atoms. The molecule has 0 aliphatic rings. The molecule has 6 nitrogen and oxygen atoms in total. The molecule has 8 heteroatoms. The summed E-state index contributed by atoms with van der Waals surface area (Å²) in [6.45, 7) is 10.0. The monoisotopic (exact) mass is 298 g/mol. The van der Waals surface area contributed by atoms with E-state index in [0.717, 1.165) is 0 Å². The standard InChI is InChI=1S/C10H22N2O4S2/c1-9(2,3)11-17(13,14)7-8-18(15,16)12-10(4,5)6/h7-8,11-12H,1-6H3/b8-7-. The van der Waals surface area contributed by atoms with Crippen molar-refractivity contribution in [3.05, 3.63) is 10.8 Å². The van der Waals surface area contributed by atoms with Crippen LogP contribution in [0.3, 0.4) is 0 Å². The molecule has 0 aromatic heterocycles. The summed E-state index contributed by atoms with van der Waals surface area (Å²) >= 11 is 0. The maximum atomic E-state index is 11.6. The number of hydrogen-bond acceptors (Lipinski definition) is 4. The molecular weight excluding hydrogens is 276 g/mol. The first-order valence-electron chi connectivity index (χ1n) is 5.38. The molecule has 0 aliphatic carbocycles. The number of hydrogen-bond donors (Lipinski definition) is 2. The molecule has 0 amide bonds. The van der Waals surface area contributed by atoms with Crippen molar-refractivity contribution in [2.24, 2.45) is 0 Å². The molecule has 0 saturated carbocycles. The fraction of sp³-hybridized carbons (Fsp3) is 0.800. The van der Waals surface area contributed by atoms with Gasteiger partial charge in [0, 0.05) is 11.1 Å². The second-order valence-electron chi connectivity index (χ2n) is 6.07. The van der Waals surface area contributed by atoms with Gasteiger partial charge in [-0.05, 0) is 41.5 Å². The molecule has 2 N–H and O–H groups in total. The van der Waals surface area contributed by atoms with Gasteiger partial charge in [0.1, 0.15) is 0 Å². The molecule has 0 aromatic carbocycles. The van der Waals surface area contributed by atoms with Crippen molar-refractivity contribution >= 4 is 20.0 Å². The smallest absolute Gasteiger partial charge is 0.208 e. The normalized spacial score (nSPS) is 15.2. The summed E-state index contributed by atoms with van der Waals surface area (Å²) in [6, 6.07) is 0. The summed E-state index contributed by atoms with van der Waals surface area (Å²) in [5, 5.41) is 1.29. The van der Waals surface area contributed by atoms with Crippen molar-refractivity contribution < 1.29 is 16.8 Å². The van der Waals surface area contributed by atoms with E-state index in [2.05, 4.69) is 9.44 Å². The van der Waals surface area contributed by atoms with Crippen molar-refractivity contribution in [1.29, 1.82) is 0 Å². The summed E-state index contributed by atoms with van der Waals surface area (Å²) in [5.74, 6) is 0. The van der Waals surface area contributed by atoms with E-state index < -0.39 is 31.1 Å². The van der Waals surface area contributed by atoms with Crippen molar-refractivity contribution in [3.63, 3.8) is 0 Å². The van der Waals surface area contributed by atoms with Gasteiger partial charge in [0.05, 0.1) is 10.8 Å². The van der Waals surface area contributed by atoms with Crippen molar-refractivity contribution in [2.45, 2.75) is 52.6 Å². The maximum absolute atomic E-state index is 11.6. The minimum atomic E-state index is -3.78. The van der Waals surface area contributed by atoms with Gasteiger partial charge in [-0.25, -0.2) is 26.3 Å². The number of rotatable bonds is 4. The Hall–Kier alpha value is -0.440. The van der Waals surface area contributed by atoms with E-state index in [-0.39, 0.29) is 0 Å². The van der Waals surface area contributed by atoms with Crippen LogP contribution in [-0.4, -0.2) is 27.9 Å². The van der Waals surface area contributed by atoms with Gasteiger partial charge in [-0.15, -0.1) is 0 Å². The molecule has 0 aliphatic heterocycles. The maximum Gasteiger partial charge on any atom is 0.234 e. The van der Waals surface area contributed by atoms with Gasteiger partial charge in [0.2, 0.25) is 20.0 Å². The summed E-state index contributed by atoms with van der Waals surface area (Å²) in [6.07, 6.45) is 0. The lowest BCUT2D eigenvalue weighted by molar-refractivity contribution is 0.493. The Labute approximate surface area is 110 Å². The molecule has 0 unspecified atom stereocenters. The van der Waals surface area contributed by atoms with Gasteiger partial charge in [-0.3, -0.25) is 0 Å². The third-order valence-electron chi connectivity index (χ3n) is 1.31. The van der Waals surface area contributed by atoms with E-state index in [1.807, 2.05) is 0 Å². The predicted molar refractivity (Wildman–Crippen MR) is 72.8 cm³/mol. The Balaban J connectivity index is 4.96. The molecule has 18 heavy (non-hydrogen) atoms. The van der Waals surface area contributed by atoms with E-state index in [1.54, 1.807) is 41.5 Å². The zero-order chi connectivity index (χ0) is 14.8. The molecule has 0 atom stereocenters. The van der Waals surface area contributed by atoms with Crippen LogP contribution in [0.2, 0.25) is 0 Å². The van der Waals surface area contributed by atoms with Gasteiger partial charge in [0.15, 0.2) is 0 Å². The van der Waals surface area contributed by atoms with Crippen LogP contribution in [0.5, 0.6) is 0 Å². The zero-order valence-electron chi connectivity index (χ0n) is 11.6. The van der Waals surface area contributed by atoms with Crippen molar-refractivity contribution in [1.82, 2.24) is 9.44 Å². The molecule has 0 rings (SSSR count). The summed E-state index contributed by atoms with van der Waals surface area (Å²) in [4.78, 5) is 0. The van der Waals surface area contributed by atoms with Crippen LogP contribution in [0.15, 0.2) is 10.8 Å². The highest BCUT2D eigenvalue weighted by Gasteiger charge is 2.20. The number of sulfonamides is 2. The third-order valence-corrected chi connectivity index (χ3v) is 4.27. The Kier molecular flexibility index (Phi) is 5.15. The summed E-state index contributed by atoms with van der Waals surface area (Å²) < 4.78 is 50.9. The minimum Gasteiger partial charge on any atom is -0.208 e. The molecule has 0 saturated heterocycles. The molecule has 0 spiro atoms. The lowest BCUT2D eigenvalue weighted by atomic mass is 10.1. The second-order valence-corrected chi connectivity index (χ2v) is 9.20. The van der Waals surface area contributed by atoms with Crippen LogP contribution in [0.4, 0.5) is 0 Å². The van der Waals surface area contributed by atoms with Gasteiger partial charge >= 0.3 is 0 Å². The van der Waals surface area contributed by atoms with Gasteiger partial charge in [-0.2, -0.15) is 0 Å². The highest BCUT2D eigenvalue weighted by Crippen LogP contribution is 2.06. The van der Waals surface area contributed by atoms with Crippen LogP contribution in [-0.2, 0) is 20.0 Å². The van der Waals surface area contributed by atoms with E-state index in [1.165, 1.54) is 0 Å². The van der Waals surface area contributed by atoms with Crippen LogP contribution in [0.25, 0.3) is 0 Å². The fourth-order valence-electron chi connectivity index (χ4n) is 1.07. The van der Waals surface area contributed by atoms with Crippen molar-refractivity contribution in [2.75, 3.05) is 0 Å². The van der Waals surface area contributed by atoms with Crippen LogP contribution < -0.4 is 9.44 Å². The second kappa shape index (κ2) is 5.28. The van der Waals surface area contributed by atoms with Crippen LogP contribution in [0.1, 0.15) is 41.5 Å². The predicted octanol–water partition coefficient (Wildman–Crippen LogP) is 0.893. The van der Waals surface area contributed by atoms with Crippen LogP contribution in [0, 0.1) is 0 Å². The van der Waals surface area contributed by atoms with E-state index >= 15 is 0 Å². The minimum absolute atomic E-state index is 0.645. The average molecular weight is 298 g/mol. The SMILES string of the molecule is CC(C)(C)NS(=O)(=O)/C=C\S(=O)(=O)NC(C)(C)C. The molecule has 0 aromatic rings. The first kappa shape index (κ1) is 17.6. The summed E-state index contributed by atoms with van der Waals surface area (Å²) in [5.41, 5.74) is -1.32. The lowest BCUT2D eigenvalue weighted by Gasteiger charge is -2.20. The highest BCUT2D eigenvalue weighted by molar-refractivity contribution is 7.95. The van der Waals surface area contributed by atoms with Gasteiger partial charge < -0.3 is 0 Å². The van der Waals surface area contributed by atoms with E-state index in [0.29, 0.717) is 10.8 Å². The fourth-order valence-corrected chi connectivity index (χ4v) is 4.08. The first-order chi connectivity index (χ1) is 7.62.